The molecule has 150 valence electrons. The highest BCUT2D eigenvalue weighted by Gasteiger charge is 2.47. The zero-order valence-electron chi connectivity index (χ0n) is 15.8. The van der Waals surface area contributed by atoms with Crippen molar-refractivity contribution >= 4 is 41.0 Å². The summed E-state index contributed by atoms with van der Waals surface area (Å²) in [4.78, 5) is 73.6. The highest BCUT2D eigenvalue weighted by Crippen LogP contribution is 2.38. The zero-order chi connectivity index (χ0) is 21.5. The first kappa shape index (κ1) is 20.1. The molecule has 0 saturated heterocycles. The van der Waals surface area contributed by atoms with Gasteiger partial charge in [0.25, 0.3) is 0 Å². The van der Waals surface area contributed by atoms with Crippen molar-refractivity contribution in [2.75, 3.05) is 13.2 Å². The van der Waals surface area contributed by atoms with Crippen molar-refractivity contribution in [3.05, 3.63) is 40.0 Å². The van der Waals surface area contributed by atoms with Gasteiger partial charge in [0.05, 0.1) is 18.8 Å². The van der Waals surface area contributed by atoms with E-state index in [0.29, 0.717) is 0 Å². The van der Waals surface area contributed by atoms with Crippen molar-refractivity contribution in [1.29, 1.82) is 0 Å². The summed E-state index contributed by atoms with van der Waals surface area (Å²) in [6.07, 6.45) is 0. The molecule has 1 heterocycles. The van der Waals surface area contributed by atoms with Crippen LogP contribution in [-0.2, 0) is 28.6 Å². The fraction of sp³-hybridized carbons (Fsp3) is 0.300. The highest BCUT2D eigenvalue weighted by atomic mass is 16.6. The smallest absolute Gasteiger partial charge is 0.345 e. The van der Waals surface area contributed by atoms with Gasteiger partial charge in [-0.05, 0) is 32.9 Å². The maximum absolute atomic E-state index is 12.6. The number of cyclic esters (lactones) is 1. The Labute approximate surface area is 164 Å². The van der Waals surface area contributed by atoms with Crippen molar-refractivity contribution in [3.63, 3.8) is 0 Å². The maximum Gasteiger partial charge on any atom is 0.345 e. The van der Waals surface area contributed by atoms with Crippen LogP contribution in [-0.4, -0.2) is 48.5 Å². The van der Waals surface area contributed by atoms with Crippen molar-refractivity contribution in [3.8, 4) is 0 Å². The van der Waals surface area contributed by atoms with Crippen LogP contribution in [0.25, 0.3) is 5.76 Å². The Balaban J connectivity index is 2.17. The first-order chi connectivity index (χ1) is 13.7. The van der Waals surface area contributed by atoms with Gasteiger partial charge in [-0.2, -0.15) is 0 Å². The third-order valence-electron chi connectivity index (χ3n) is 4.45. The molecule has 0 saturated carbocycles. The van der Waals surface area contributed by atoms with Gasteiger partial charge in [0.1, 0.15) is 5.57 Å². The van der Waals surface area contributed by atoms with Crippen LogP contribution < -0.4 is 0 Å². The normalized spacial score (nSPS) is 18.7. The predicted molar refractivity (Wildman–Crippen MR) is 94.9 cm³/mol. The lowest BCUT2D eigenvalue weighted by atomic mass is 9.97. The second kappa shape index (κ2) is 7.42. The lowest BCUT2D eigenvalue weighted by molar-refractivity contribution is -0.144. The Morgan fingerprint density at radius 3 is 1.97 bits per heavy atom. The number of esters is 3. The summed E-state index contributed by atoms with van der Waals surface area (Å²) >= 11 is 0. The Hall–Kier alpha value is -3.62. The number of hydrogen-bond acceptors (Lipinski definition) is 9. The van der Waals surface area contributed by atoms with Gasteiger partial charge in [0, 0.05) is 16.7 Å². The van der Waals surface area contributed by atoms with E-state index in [1.807, 2.05) is 0 Å². The van der Waals surface area contributed by atoms with Crippen LogP contribution in [0.4, 0.5) is 0 Å². The molecular weight excluding hydrogens is 384 g/mol. The highest BCUT2D eigenvalue weighted by molar-refractivity contribution is 6.35. The molecule has 0 spiro atoms. The number of benzene rings is 1. The Kier molecular flexibility index (Phi) is 5.15. The minimum absolute atomic E-state index is 0.00216. The lowest BCUT2D eigenvalue weighted by Gasteiger charge is -2.08. The van der Waals surface area contributed by atoms with Crippen LogP contribution in [0.1, 0.15) is 57.4 Å². The summed E-state index contributed by atoms with van der Waals surface area (Å²) < 4.78 is 14.7. The van der Waals surface area contributed by atoms with Gasteiger partial charge < -0.3 is 14.2 Å². The van der Waals surface area contributed by atoms with E-state index in [0.717, 1.165) is 13.0 Å². The van der Waals surface area contributed by atoms with Crippen LogP contribution in [0.5, 0.6) is 0 Å². The Morgan fingerprint density at radius 1 is 0.897 bits per heavy atom. The van der Waals surface area contributed by atoms with Crippen molar-refractivity contribution in [2.45, 2.75) is 20.8 Å². The van der Waals surface area contributed by atoms with Gasteiger partial charge >= 0.3 is 17.9 Å². The van der Waals surface area contributed by atoms with Gasteiger partial charge in [-0.15, -0.1) is 0 Å². The van der Waals surface area contributed by atoms with Crippen LogP contribution in [0.3, 0.4) is 0 Å². The number of ketones is 3. The number of ether oxygens (including phenoxy) is 3. The third-order valence-corrected chi connectivity index (χ3v) is 4.45. The summed E-state index contributed by atoms with van der Waals surface area (Å²) in [5.41, 5.74) is -0.831. The van der Waals surface area contributed by atoms with E-state index < -0.39 is 46.7 Å². The quantitative estimate of drug-likeness (QED) is 0.236. The molecule has 0 amide bonds. The van der Waals surface area contributed by atoms with E-state index in [1.165, 1.54) is 13.0 Å². The standard InChI is InChI=1S/C20H16O9/c1-4-27-19(25)13(8(3)21)17-11-6-9-10(7-12(11)18(24)29-17)16(23)14(15(9)22)20(26)28-5-2/h6-7,14H,4-5H2,1-3H3/b17-13+/t14-/m1/s1. The molecule has 9 nitrogen and oxygen atoms in total. The summed E-state index contributed by atoms with van der Waals surface area (Å²) in [5, 5.41) is 0. The fourth-order valence-electron chi connectivity index (χ4n) is 3.22. The zero-order valence-corrected chi connectivity index (χ0v) is 15.8. The number of rotatable bonds is 5. The van der Waals surface area contributed by atoms with Gasteiger partial charge in [0.15, 0.2) is 29.0 Å². The molecule has 3 rings (SSSR count). The number of carbonyl (C=O) groups is 6. The minimum Gasteiger partial charge on any atom is -0.465 e. The van der Waals surface area contributed by atoms with Crippen molar-refractivity contribution in [2.24, 2.45) is 5.92 Å². The van der Waals surface area contributed by atoms with Crippen LogP contribution in [0, 0.1) is 5.92 Å². The van der Waals surface area contributed by atoms with Gasteiger partial charge in [-0.25, -0.2) is 9.59 Å². The van der Waals surface area contributed by atoms with E-state index in [1.54, 1.807) is 6.92 Å². The molecule has 1 aliphatic heterocycles. The van der Waals surface area contributed by atoms with Gasteiger partial charge in [0.2, 0.25) is 0 Å². The molecule has 2 aliphatic rings. The van der Waals surface area contributed by atoms with E-state index in [4.69, 9.17) is 14.2 Å². The molecule has 0 radical (unpaired) electrons. The monoisotopic (exact) mass is 400 g/mol. The average Bonchev–Trinajstić information content (AvgIpc) is 3.09. The average molecular weight is 400 g/mol. The SMILES string of the molecule is CCOC(=O)/C(C(C)=O)=C1/OC(=O)c2cc3c(cc21)C(=O)[C@@H](C(=O)OCC)C3=O. The molecule has 1 aromatic carbocycles. The lowest BCUT2D eigenvalue weighted by Crippen LogP contribution is -2.27. The second-order valence-corrected chi connectivity index (χ2v) is 6.23. The van der Waals surface area contributed by atoms with Crippen LogP contribution >= 0.6 is 0 Å². The van der Waals surface area contributed by atoms with E-state index in [9.17, 15) is 28.8 Å². The molecule has 0 bridgehead atoms. The molecule has 1 aromatic rings. The number of hydrogen-bond donors (Lipinski definition) is 0. The summed E-state index contributed by atoms with van der Waals surface area (Å²) in [7, 11) is 0. The maximum atomic E-state index is 12.6. The topological polar surface area (TPSA) is 130 Å². The largest absolute Gasteiger partial charge is 0.465 e. The van der Waals surface area contributed by atoms with Gasteiger partial charge in [-0.3, -0.25) is 19.2 Å². The van der Waals surface area contributed by atoms with Gasteiger partial charge in [-0.1, -0.05) is 0 Å². The second-order valence-electron chi connectivity index (χ2n) is 6.23. The first-order valence-electron chi connectivity index (χ1n) is 8.80. The Morgan fingerprint density at radius 2 is 1.45 bits per heavy atom. The van der Waals surface area contributed by atoms with E-state index in [-0.39, 0.29) is 41.2 Å². The molecule has 0 unspecified atom stereocenters. The molecule has 1 aliphatic carbocycles. The molecular formula is C20H16O9. The number of Topliss-reactive ketones (excluding diaryl/α,β-unsaturated/α-hetero) is 3. The fourth-order valence-corrected chi connectivity index (χ4v) is 3.22. The molecule has 29 heavy (non-hydrogen) atoms. The summed E-state index contributed by atoms with van der Waals surface area (Å²) in [6.45, 7) is 4.16. The summed E-state index contributed by atoms with van der Waals surface area (Å²) in [5.74, 6) is -7.13. The first-order valence-corrected chi connectivity index (χ1v) is 8.80. The molecule has 9 heteroatoms. The van der Waals surface area contributed by atoms with E-state index >= 15 is 0 Å². The van der Waals surface area contributed by atoms with Crippen molar-refractivity contribution in [1.82, 2.24) is 0 Å². The molecule has 1 atom stereocenters. The molecule has 0 N–H and O–H groups in total. The van der Waals surface area contributed by atoms with Crippen molar-refractivity contribution < 1.29 is 43.0 Å². The molecule has 0 fully saturated rings. The van der Waals surface area contributed by atoms with Crippen LogP contribution in [0.2, 0.25) is 0 Å². The minimum atomic E-state index is -1.65. The third kappa shape index (κ3) is 3.14. The summed E-state index contributed by atoms with van der Waals surface area (Å²) in [6, 6.07) is 2.30. The number of fused-ring (bicyclic) bond motifs is 2. The van der Waals surface area contributed by atoms with E-state index in [2.05, 4.69) is 0 Å². The number of carbonyl (C=O) groups excluding carboxylic acids is 6. The van der Waals surface area contributed by atoms with Crippen LogP contribution in [0.15, 0.2) is 17.7 Å². The predicted octanol–water partition coefficient (Wildman–Crippen LogP) is 1.28. The molecule has 0 aromatic heterocycles. The Bertz CT molecular complexity index is 1030.